The van der Waals surface area contributed by atoms with Crippen molar-refractivity contribution < 1.29 is 9.21 Å². The van der Waals surface area contributed by atoms with Crippen LogP contribution in [0.3, 0.4) is 0 Å². The van der Waals surface area contributed by atoms with Crippen molar-refractivity contribution in [3.63, 3.8) is 0 Å². The van der Waals surface area contributed by atoms with Crippen molar-refractivity contribution in [3.05, 3.63) is 46.1 Å². The fourth-order valence-corrected chi connectivity index (χ4v) is 2.91. The predicted molar refractivity (Wildman–Crippen MR) is 84.4 cm³/mol. The number of nitrogens with zero attached hydrogens (tertiary/aromatic N) is 4. The quantitative estimate of drug-likeness (QED) is 0.834. The van der Waals surface area contributed by atoms with E-state index in [-0.39, 0.29) is 5.91 Å². The summed E-state index contributed by atoms with van der Waals surface area (Å²) >= 11 is 3.40. The van der Waals surface area contributed by atoms with Crippen molar-refractivity contribution in [1.29, 1.82) is 0 Å². The molecule has 7 heteroatoms. The molecule has 0 aliphatic carbocycles. The lowest BCUT2D eigenvalue weighted by atomic mass is 10.2. The van der Waals surface area contributed by atoms with Gasteiger partial charge in [0.1, 0.15) is 0 Å². The van der Waals surface area contributed by atoms with Crippen LogP contribution in [-0.4, -0.2) is 52.1 Å². The van der Waals surface area contributed by atoms with E-state index in [0.717, 1.165) is 23.1 Å². The van der Waals surface area contributed by atoms with Gasteiger partial charge in [0.15, 0.2) is 0 Å². The second-order valence-electron chi connectivity index (χ2n) is 5.29. The van der Waals surface area contributed by atoms with Crippen molar-refractivity contribution in [3.8, 4) is 0 Å². The Morgan fingerprint density at radius 1 is 1.27 bits per heavy atom. The maximum Gasteiger partial charge on any atom is 0.253 e. The SMILES string of the molecule is Cc1nnc(CN2CCN(C(=O)c3cccc(Br)c3)CC2)o1. The molecule has 1 saturated heterocycles. The van der Waals surface area contributed by atoms with Crippen LogP contribution in [-0.2, 0) is 6.54 Å². The molecule has 0 atom stereocenters. The first-order valence-electron chi connectivity index (χ1n) is 7.18. The number of rotatable bonds is 3. The van der Waals surface area contributed by atoms with E-state index in [9.17, 15) is 4.79 Å². The molecule has 0 bridgehead atoms. The Labute approximate surface area is 137 Å². The number of amides is 1. The molecule has 0 saturated carbocycles. The molecule has 2 heterocycles. The van der Waals surface area contributed by atoms with Gasteiger partial charge >= 0.3 is 0 Å². The van der Waals surface area contributed by atoms with Crippen LogP contribution < -0.4 is 0 Å². The number of piperazine rings is 1. The second-order valence-corrected chi connectivity index (χ2v) is 6.21. The summed E-state index contributed by atoms with van der Waals surface area (Å²) in [4.78, 5) is 16.6. The molecule has 3 rings (SSSR count). The number of hydrogen-bond donors (Lipinski definition) is 0. The summed E-state index contributed by atoms with van der Waals surface area (Å²) in [5, 5.41) is 7.84. The molecule has 6 nitrogen and oxygen atoms in total. The maximum absolute atomic E-state index is 12.5. The zero-order valence-corrected chi connectivity index (χ0v) is 13.9. The Morgan fingerprint density at radius 2 is 2.05 bits per heavy atom. The molecule has 0 N–H and O–H groups in total. The van der Waals surface area contributed by atoms with Crippen molar-refractivity contribution in [2.24, 2.45) is 0 Å². The Kier molecular flexibility index (Phi) is 4.54. The number of halogens is 1. The topological polar surface area (TPSA) is 62.5 Å². The van der Waals surface area contributed by atoms with E-state index in [0.29, 0.717) is 31.4 Å². The van der Waals surface area contributed by atoms with Crippen molar-refractivity contribution in [2.45, 2.75) is 13.5 Å². The van der Waals surface area contributed by atoms with Crippen molar-refractivity contribution in [1.82, 2.24) is 20.0 Å². The van der Waals surface area contributed by atoms with Crippen molar-refractivity contribution in [2.75, 3.05) is 26.2 Å². The number of carbonyl (C=O) groups excluding carboxylic acids is 1. The molecular formula is C15H17BrN4O2. The third-order valence-electron chi connectivity index (χ3n) is 3.66. The average molecular weight is 365 g/mol. The monoisotopic (exact) mass is 364 g/mol. The lowest BCUT2D eigenvalue weighted by Gasteiger charge is -2.34. The van der Waals surface area contributed by atoms with Crippen LogP contribution >= 0.6 is 15.9 Å². The Morgan fingerprint density at radius 3 is 2.68 bits per heavy atom. The van der Waals surface area contributed by atoms with Crippen LogP contribution in [0.2, 0.25) is 0 Å². The number of carbonyl (C=O) groups is 1. The molecule has 1 aromatic carbocycles. The highest BCUT2D eigenvalue weighted by Crippen LogP contribution is 2.15. The summed E-state index contributed by atoms with van der Waals surface area (Å²) in [5.74, 6) is 1.29. The van der Waals surface area contributed by atoms with Gasteiger partial charge < -0.3 is 9.32 Å². The van der Waals surface area contributed by atoms with E-state index in [4.69, 9.17) is 4.42 Å². The first-order chi connectivity index (χ1) is 10.6. The van der Waals surface area contributed by atoms with Gasteiger partial charge in [-0.15, -0.1) is 10.2 Å². The van der Waals surface area contributed by atoms with Crippen molar-refractivity contribution >= 4 is 21.8 Å². The molecule has 1 aliphatic rings. The van der Waals surface area contributed by atoms with E-state index in [1.807, 2.05) is 29.2 Å². The minimum absolute atomic E-state index is 0.0783. The van der Waals surface area contributed by atoms with Gasteiger partial charge in [0.05, 0.1) is 6.54 Å². The molecule has 0 unspecified atom stereocenters. The summed E-state index contributed by atoms with van der Waals surface area (Å²) in [5.41, 5.74) is 0.718. The van der Waals surface area contributed by atoms with E-state index in [1.54, 1.807) is 6.92 Å². The van der Waals surface area contributed by atoms with Crippen LogP contribution in [0.15, 0.2) is 33.2 Å². The Hall–Kier alpha value is -1.73. The molecule has 2 aromatic rings. The van der Waals surface area contributed by atoms with Gasteiger partial charge in [-0.05, 0) is 18.2 Å². The molecule has 0 radical (unpaired) electrons. The van der Waals surface area contributed by atoms with Gasteiger partial charge in [-0.3, -0.25) is 9.69 Å². The number of hydrogen-bond acceptors (Lipinski definition) is 5. The van der Waals surface area contributed by atoms with E-state index in [1.165, 1.54) is 0 Å². The molecule has 22 heavy (non-hydrogen) atoms. The highest BCUT2D eigenvalue weighted by atomic mass is 79.9. The summed E-state index contributed by atoms with van der Waals surface area (Å²) in [7, 11) is 0. The molecular weight excluding hydrogens is 348 g/mol. The number of aromatic nitrogens is 2. The molecule has 1 amide bonds. The largest absolute Gasteiger partial charge is 0.424 e. The van der Waals surface area contributed by atoms with Crippen LogP contribution in [0.4, 0.5) is 0 Å². The number of benzene rings is 1. The summed E-state index contributed by atoms with van der Waals surface area (Å²) in [6, 6.07) is 7.50. The van der Waals surface area contributed by atoms with E-state index < -0.39 is 0 Å². The van der Waals surface area contributed by atoms with Crippen LogP contribution in [0.25, 0.3) is 0 Å². The fraction of sp³-hybridized carbons (Fsp3) is 0.400. The second kappa shape index (κ2) is 6.58. The zero-order valence-electron chi connectivity index (χ0n) is 12.3. The van der Waals surface area contributed by atoms with Gasteiger partial charge in [0.25, 0.3) is 5.91 Å². The zero-order chi connectivity index (χ0) is 15.5. The van der Waals surface area contributed by atoms with E-state index in [2.05, 4.69) is 31.0 Å². The summed E-state index contributed by atoms with van der Waals surface area (Å²) < 4.78 is 6.31. The third-order valence-corrected chi connectivity index (χ3v) is 4.15. The molecule has 1 aliphatic heterocycles. The molecule has 0 spiro atoms. The van der Waals surface area contributed by atoms with Crippen LogP contribution in [0.5, 0.6) is 0 Å². The molecule has 1 fully saturated rings. The van der Waals surface area contributed by atoms with Crippen LogP contribution in [0.1, 0.15) is 22.1 Å². The minimum atomic E-state index is 0.0783. The van der Waals surface area contributed by atoms with E-state index >= 15 is 0 Å². The standard InChI is InChI=1S/C15H17BrN4O2/c1-11-17-18-14(22-11)10-19-5-7-20(8-6-19)15(21)12-3-2-4-13(16)9-12/h2-4,9H,5-8,10H2,1H3. The molecule has 116 valence electrons. The first-order valence-corrected chi connectivity index (χ1v) is 7.97. The van der Waals surface area contributed by atoms with Gasteiger partial charge in [0.2, 0.25) is 11.8 Å². The normalized spacial score (nSPS) is 16.0. The van der Waals surface area contributed by atoms with Gasteiger partial charge in [-0.2, -0.15) is 0 Å². The Balaban J connectivity index is 1.56. The highest BCUT2D eigenvalue weighted by Gasteiger charge is 2.23. The average Bonchev–Trinajstić information content (AvgIpc) is 2.92. The first kappa shape index (κ1) is 15.2. The lowest BCUT2D eigenvalue weighted by Crippen LogP contribution is -2.48. The molecule has 1 aromatic heterocycles. The predicted octanol–water partition coefficient (Wildman–Crippen LogP) is 2.10. The third kappa shape index (κ3) is 3.53. The van der Waals surface area contributed by atoms with Gasteiger partial charge in [-0.25, -0.2) is 0 Å². The van der Waals surface area contributed by atoms with Gasteiger partial charge in [0, 0.05) is 43.1 Å². The highest BCUT2D eigenvalue weighted by molar-refractivity contribution is 9.10. The lowest BCUT2D eigenvalue weighted by molar-refractivity contribution is 0.0617. The maximum atomic E-state index is 12.5. The Bertz CT molecular complexity index is 665. The fourth-order valence-electron chi connectivity index (χ4n) is 2.51. The minimum Gasteiger partial charge on any atom is -0.424 e. The number of aryl methyl sites for hydroxylation is 1. The van der Waals surface area contributed by atoms with Gasteiger partial charge in [-0.1, -0.05) is 22.0 Å². The summed E-state index contributed by atoms with van der Waals surface area (Å²) in [6.45, 7) is 5.45. The summed E-state index contributed by atoms with van der Waals surface area (Å²) in [6.07, 6.45) is 0. The smallest absolute Gasteiger partial charge is 0.253 e. The van der Waals surface area contributed by atoms with Crippen LogP contribution in [0, 0.1) is 6.92 Å².